The van der Waals surface area contributed by atoms with Gasteiger partial charge in [-0.15, -0.1) is 0 Å². The average Bonchev–Trinajstić information content (AvgIpc) is 2.79. The molecule has 0 spiro atoms. The lowest BCUT2D eigenvalue weighted by Crippen LogP contribution is -2.47. The van der Waals surface area contributed by atoms with Crippen LogP contribution in [0.15, 0.2) is 48.5 Å². The zero-order valence-electron chi connectivity index (χ0n) is 23.3. The van der Waals surface area contributed by atoms with Gasteiger partial charge in [0.2, 0.25) is 5.91 Å². The Morgan fingerprint density at radius 3 is 1.48 bits per heavy atom. The van der Waals surface area contributed by atoms with Crippen molar-refractivity contribution in [3.8, 4) is 0 Å². The second kappa shape index (κ2) is 16.9. The number of ether oxygens (including phenoxy) is 2. The number of alkyl carbamates (subject to hydrolysis) is 2. The fourth-order valence-corrected chi connectivity index (χ4v) is 3.35. The lowest BCUT2D eigenvalue weighted by molar-refractivity contribution is -0.120. The third-order valence-electron chi connectivity index (χ3n) is 4.79. The molecule has 0 saturated heterocycles. The summed E-state index contributed by atoms with van der Waals surface area (Å²) in [4.78, 5) is 34.7. The highest BCUT2D eigenvalue weighted by atomic mass is 35.5. The predicted molar refractivity (Wildman–Crippen MR) is 162 cm³/mol. The van der Waals surface area contributed by atoms with E-state index in [4.69, 9.17) is 44.1 Å². The van der Waals surface area contributed by atoms with Gasteiger partial charge in [0.15, 0.2) is 0 Å². The van der Waals surface area contributed by atoms with E-state index >= 15 is 0 Å². The SMILES string of the molecule is C.CC(C)(C)OC(=O)N[C@@H](Cc1ccc(Cl)cc1)C(N)=O.CC(C)(C)OC(=O)N[C@H](CN)Cc1ccc(Cl)cc1. The number of primary amides is 1. The zero-order valence-corrected chi connectivity index (χ0v) is 24.9. The molecule has 0 aromatic heterocycles. The van der Waals surface area contributed by atoms with Crippen LogP contribution in [-0.4, -0.2) is 47.9 Å². The van der Waals surface area contributed by atoms with E-state index in [0.29, 0.717) is 23.0 Å². The Morgan fingerprint density at radius 2 is 1.12 bits per heavy atom. The van der Waals surface area contributed by atoms with Crippen LogP contribution < -0.4 is 22.1 Å². The molecule has 224 valence electrons. The van der Waals surface area contributed by atoms with Crippen LogP contribution in [0.2, 0.25) is 10.0 Å². The number of rotatable bonds is 8. The fourth-order valence-electron chi connectivity index (χ4n) is 3.10. The highest BCUT2D eigenvalue weighted by Crippen LogP contribution is 2.13. The van der Waals surface area contributed by atoms with Gasteiger partial charge in [0.25, 0.3) is 0 Å². The Bertz CT molecular complexity index is 1070. The van der Waals surface area contributed by atoms with Crippen LogP contribution in [-0.2, 0) is 27.1 Å². The van der Waals surface area contributed by atoms with Crippen molar-refractivity contribution >= 4 is 41.3 Å². The number of carbonyl (C=O) groups excluding carboxylic acids is 3. The van der Waals surface area contributed by atoms with Crippen LogP contribution in [0.1, 0.15) is 60.1 Å². The van der Waals surface area contributed by atoms with Crippen molar-refractivity contribution in [2.75, 3.05) is 6.54 Å². The van der Waals surface area contributed by atoms with Gasteiger partial charge < -0.3 is 31.6 Å². The second-order valence-corrected chi connectivity index (χ2v) is 11.7. The van der Waals surface area contributed by atoms with E-state index < -0.39 is 35.3 Å². The molecule has 9 nitrogen and oxygen atoms in total. The van der Waals surface area contributed by atoms with Crippen molar-refractivity contribution in [3.63, 3.8) is 0 Å². The Kier molecular flexibility index (Phi) is 15.7. The molecule has 0 aliphatic rings. The molecule has 0 unspecified atom stereocenters. The van der Waals surface area contributed by atoms with Crippen molar-refractivity contribution in [3.05, 3.63) is 69.7 Å². The van der Waals surface area contributed by atoms with Gasteiger partial charge in [0.05, 0.1) is 0 Å². The average molecular weight is 600 g/mol. The van der Waals surface area contributed by atoms with Crippen molar-refractivity contribution in [1.82, 2.24) is 10.6 Å². The van der Waals surface area contributed by atoms with E-state index in [1.807, 2.05) is 45.0 Å². The molecule has 6 N–H and O–H groups in total. The molecule has 2 aromatic carbocycles. The fraction of sp³-hybridized carbons (Fsp3) is 0.483. The van der Waals surface area contributed by atoms with E-state index in [2.05, 4.69) is 10.6 Å². The standard InChI is InChI=1S/C14H19ClN2O3.C14H21ClN2O2.CH4/c1-14(2,3)20-13(19)17-11(12(16)18)8-9-4-6-10(15)7-5-9;1-14(2,3)19-13(18)17-12(9-16)8-10-4-6-11(15)7-5-10;/h4-7,11H,8H2,1-3H3,(H2,16,18)(H,17,19);4-7,12H,8-9,16H2,1-3H3,(H,17,18);1H4/t11-;12-;/m00./s1. The molecule has 0 radical (unpaired) electrons. The monoisotopic (exact) mass is 598 g/mol. The summed E-state index contributed by atoms with van der Waals surface area (Å²) in [6.07, 6.45) is -0.189. The van der Waals surface area contributed by atoms with Crippen molar-refractivity contribution in [2.24, 2.45) is 11.5 Å². The minimum atomic E-state index is -0.828. The van der Waals surface area contributed by atoms with Gasteiger partial charge in [-0.1, -0.05) is 54.9 Å². The van der Waals surface area contributed by atoms with Gasteiger partial charge in [-0.3, -0.25) is 4.79 Å². The van der Waals surface area contributed by atoms with Crippen molar-refractivity contribution in [2.45, 2.75) is 85.1 Å². The highest BCUT2D eigenvalue weighted by Gasteiger charge is 2.23. The number of halogens is 2. The maximum absolute atomic E-state index is 11.7. The summed E-state index contributed by atoms with van der Waals surface area (Å²) >= 11 is 11.6. The second-order valence-electron chi connectivity index (χ2n) is 10.8. The van der Waals surface area contributed by atoms with Gasteiger partial charge in [0, 0.05) is 29.1 Å². The summed E-state index contributed by atoms with van der Waals surface area (Å²) in [5.74, 6) is -0.620. The summed E-state index contributed by atoms with van der Waals surface area (Å²) in [5, 5.41) is 6.52. The van der Waals surface area contributed by atoms with E-state index in [1.165, 1.54) is 0 Å². The van der Waals surface area contributed by atoms with Gasteiger partial charge in [-0.25, -0.2) is 9.59 Å². The molecule has 0 aliphatic heterocycles. The first-order valence-electron chi connectivity index (χ1n) is 12.4. The first-order chi connectivity index (χ1) is 18.0. The van der Waals surface area contributed by atoms with Crippen molar-refractivity contribution in [1.29, 1.82) is 0 Å². The van der Waals surface area contributed by atoms with Crippen LogP contribution in [0.5, 0.6) is 0 Å². The third-order valence-corrected chi connectivity index (χ3v) is 5.29. The van der Waals surface area contributed by atoms with Crippen LogP contribution in [0.25, 0.3) is 0 Å². The molecule has 40 heavy (non-hydrogen) atoms. The number of carbonyl (C=O) groups is 3. The van der Waals surface area contributed by atoms with Crippen LogP contribution >= 0.6 is 23.2 Å². The maximum atomic E-state index is 11.7. The molecule has 0 heterocycles. The van der Waals surface area contributed by atoms with Crippen molar-refractivity contribution < 1.29 is 23.9 Å². The Balaban J connectivity index is 0.000000743. The molecule has 3 amide bonds. The number of hydrogen-bond donors (Lipinski definition) is 4. The summed E-state index contributed by atoms with van der Waals surface area (Å²) in [6.45, 7) is 11.0. The van der Waals surface area contributed by atoms with Crippen LogP contribution in [0, 0.1) is 0 Å². The molecule has 0 fully saturated rings. The number of hydrogen-bond acceptors (Lipinski definition) is 6. The van der Waals surface area contributed by atoms with E-state index in [1.54, 1.807) is 45.0 Å². The minimum Gasteiger partial charge on any atom is -0.444 e. The molecule has 2 rings (SSSR count). The molecular formula is C29H44Cl2N4O5. The Morgan fingerprint density at radius 1 is 0.750 bits per heavy atom. The molecule has 2 aromatic rings. The first kappa shape index (κ1) is 37.0. The normalized spacial score (nSPS) is 12.4. The molecule has 0 bridgehead atoms. The summed E-state index contributed by atoms with van der Waals surface area (Å²) in [6, 6.07) is 13.5. The summed E-state index contributed by atoms with van der Waals surface area (Å²) < 4.78 is 10.3. The molecule has 2 atom stereocenters. The Labute approximate surface area is 248 Å². The highest BCUT2D eigenvalue weighted by molar-refractivity contribution is 6.30. The number of benzene rings is 2. The smallest absolute Gasteiger partial charge is 0.408 e. The van der Waals surface area contributed by atoms with Gasteiger partial charge in [-0.05, 0) is 83.4 Å². The number of nitrogens with two attached hydrogens (primary N) is 2. The van der Waals surface area contributed by atoms with E-state index in [9.17, 15) is 14.4 Å². The third kappa shape index (κ3) is 16.8. The molecule has 0 saturated carbocycles. The zero-order chi connectivity index (χ0) is 29.8. The maximum Gasteiger partial charge on any atom is 0.408 e. The van der Waals surface area contributed by atoms with Gasteiger partial charge >= 0.3 is 12.2 Å². The van der Waals surface area contributed by atoms with E-state index in [-0.39, 0.29) is 19.9 Å². The predicted octanol–water partition coefficient (Wildman–Crippen LogP) is 5.63. The quantitative estimate of drug-likeness (QED) is 0.309. The largest absolute Gasteiger partial charge is 0.444 e. The lowest BCUT2D eigenvalue weighted by Gasteiger charge is -2.23. The summed E-state index contributed by atoms with van der Waals surface area (Å²) in [7, 11) is 0. The van der Waals surface area contributed by atoms with Crippen LogP contribution in [0.4, 0.5) is 9.59 Å². The topological polar surface area (TPSA) is 146 Å². The minimum absolute atomic E-state index is 0. The number of amides is 3. The number of nitrogens with one attached hydrogen (secondary N) is 2. The van der Waals surface area contributed by atoms with Gasteiger partial charge in [0.1, 0.15) is 17.2 Å². The molecular weight excluding hydrogens is 555 g/mol. The van der Waals surface area contributed by atoms with Gasteiger partial charge in [-0.2, -0.15) is 0 Å². The van der Waals surface area contributed by atoms with E-state index in [0.717, 1.165) is 11.1 Å². The van der Waals surface area contributed by atoms with Crippen LogP contribution in [0.3, 0.4) is 0 Å². The summed E-state index contributed by atoms with van der Waals surface area (Å²) in [5.41, 5.74) is 11.7. The molecule has 0 aliphatic carbocycles. The first-order valence-corrected chi connectivity index (χ1v) is 13.2. The molecule has 11 heteroatoms. The lowest BCUT2D eigenvalue weighted by atomic mass is 10.1. The Hall–Kier alpha value is -3.01.